The summed E-state index contributed by atoms with van der Waals surface area (Å²) in [5.74, 6) is 0.642. The molecule has 0 aliphatic rings. The van der Waals surface area contributed by atoms with Crippen molar-refractivity contribution in [1.29, 1.82) is 0 Å². The van der Waals surface area contributed by atoms with Crippen molar-refractivity contribution in [1.82, 2.24) is 5.32 Å². The summed E-state index contributed by atoms with van der Waals surface area (Å²) in [6.07, 6.45) is 1.47. The predicted molar refractivity (Wildman–Crippen MR) is 82.3 cm³/mol. The number of primary amides is 1. The highest BCUT2D eigenvalue weighted by Gasteiger charge is 2.12. The van der Waals surface area contributed by atoms with E-state index in [0.717, 1.165) is 5.56 Å². The van der Waals surface area contributed by atoms with Crippen molar-refractivity contribution in [3.63, 3.8) is 0 Å². The van der Waals surface area contributed by atoms with Gasteiger partial charge in [0.15, 0.2) is 18.1 Å². The fourth-order valence-corrected chi connectivity index (χ4v) is 1.99. The molecule has 0 unspecified atom stereocenters. The average molecular weight is 318 g/mol. The number of methoxy groups -OCH3 is 1. The molecule has 0 fully saturated rings. The van der Waals surface area contributed by atoms with Crippen molar-refractivity contribution in [2.45, 2.75) is 13.5 Å². The number of nitrogens with one attached hydrogen (secondary N) is 1. The smallest absolute Gasteiger partial charge is 0.255 e. The number of nitrogens with two attached hydrogens (primary N) is 1. The molecule has 0 saturated heterocycles. The Kier molecular flexibility index (Phi) is 5.24. The number of amides is 2. The maximum Gasteiger partial charge on any atom is 0.255 e. The number of benzene rings is 1. The summed E-state index contributed by atoms with van der Waals surface area (Å²) in [4.78, 5) is 22.8. The third-order valence-electron chi connectivity index (χ3n) is 3.15. The third kappa shape index (κ3) is 4.26. The van der Waals surface area contributed by atoms with Crippen LogP contribution in [0.3, 0.4) is 0 Å². The number of ether oxygens (including phenoxy) is 2. The third-order valence-corrected chi connectivity index (χ3v) is 3.15. The quantitative estimate of drug-likeness (QED) is 0.803. The first-order valence-corrected chi connectivity index (χ1v) is 6.91. The lowest BCUT2D eigenvalue weighted by Crippen LogP contribution is -2.23. The molecular weight excluding hydrogens is 300 g/mol. The van der Waals surface area contributed by atoms with Crippen molar-refractivity contribution >= 4 is 11.8 Å². The lowest BCUT2D eigenvalue weighted by molar-refractivity contribution is -0.119. The van der Waals surface area contributed by atoms with E-state index in [9.17, 15) is 9.59 Å². The lowest BCUT2D eigenvalue weighted by atomic mass is 10.2. The predicted octanol–water partition coefficient (Wildman–Crippen LogP) is 1.39. The van der Waals surface area contributed by atoms with Gasteiger partial charge < -0.3 is 24.9 Å². The number of rotatable bonds is 7. The van der Waals surface area contributed by atoms with Crippen LogP contribution < -0.4 is 20.5 Å². The largest absolute Gasteiger partial charge is 0.493 e. The number of hydrogen-bond acceptors (Lipinski definition) is 5. The monoisotopic (exact) mass is 318 g/mol. The van der Waals surface area contributed by atoms with Gasteiger partial charge in [0, 0.05) is 6.54 Å². The zero-order chi connectivity index (χ0) is 16.8. The minimum atomic E-state index is -0.570. The number of hydrogen-bond donors (Lipinski definition) is 2. The average Bonchev–Trinajstić information content (AvgIpc) is 2.97. The second kappa shape index (κ2) is 7.35. The molecule has 2 rings (SSSR count). The summed E-state index contributed by atoms with van der Waals surface area (Å²) in [6, 6.07) is 6.76. The molecule has 7 nitrogen and oxygen atoms in total. The molecule has 0 aliphatic carbocycles. The molecule has 3 N–H and O–H groups in total. The Morgan fingerprint density at radius 3 is 2.65 bits per heavy atom. The van der Waals surface area contributed by atoms with Crippen LogP contribution in [-0.2, 0) is 11.3 Å². The number of carbonyl (C=O) groups is 2. The van der Waals surface area contributed by atoms with Crippen LogP contribution in [0, 0.1) is 6.92 Å². The molecule has 23 heavy (non-hydrogen) atoms. The second-order valence-electron chi connectivity index (χ2n) is 4.81. The van der Waals surface area contributed by atoms with Crippen LogP contribution >= 0.6 is 0 Å². The van der Waals surface area contributed by atoms with E-state index >= 15 is 0 Å². The van der Waals surface area contributed by atoms with Gasteiger partial charge in [0.2, 0.25) is 0 Å². The van der Waals surface area contributed by atoms with Gasteiger partial charge in [-0.1, -0.05) is 6.07 Å². The van der Waals surface area contributed by atoms with Gasteiger partial charge >= 0.3 is 0 Å². The zero-order valence-corrected chi connectivity index (χ0v) is 12.9. The maximum absolute atomic E-state index is 12.0. The van der Waals surface area contributed by atoms with Gasteiger partial charge in [0.25, 0.3) is 11.8 Å². The van der Waals surface area contributed by atoms with E-state index < -0.39 is 5.91 Å². The lowest BCUT2D eigenvalue weighted by Gasteiger charge is -2.11. The Balaban J connectivity index is 2.02. The topological polar surface area (TPSA) is 104 Å². The fraction of sp³-hybridized carbons (Fsp3) is 0.250. The van der Waals surface area contributed by atoms with Crippen molar-refractivity contribution in [3.8, 4) is 11.5 Å². The van der Waals surface area contributed by atoms with Crippen LogP contribution in [0.15, 0.2) is 34.9 Å². The molecule has 1 aromatic carbocycles. The van der Waals surface area contributed by atoms with Crippen LogP contribution in [0.25, 0.3) is 0 Å². The normalized spacial score (nSPS) is 10.2. The number of furan rings is 1. The summed E-state index contributed by atoms with van der Waals surface area (Å²) in [5, 5.41) is 2.79. The molecule has 1 heterocycles. The highest BCUT2D eigenvalue weighted by molar-refractivity contribution is 5.94. The van der Waals surface area contributed by atoms with Gasteiger partial charge in [-0.2, -0.15) is 0 Å². The van der Waals surface area contributed by atoms with E-state index in [4.69, 9.17) is 19.6 Å². The first-order valence-electron chi connectivity index (χ1n) is 6.91. The Morgan fingerprint density at radius 1 is 1.26 bits per heavy atom. The van der Waals surface area contributed by atoms with Gasteiger partial charge in [0.1, 0.15) is 5.76 Å². The van der Waals surface area contributed by atoms with Crippen LogP contribution in [-0.4, -0.2) is 25.5 Å². The minimum Gasteiger partial charge on any atom is -0.493 e. The standard InChI is InChI=1S/C16H18N2O5/c1-10-12(5-6-22-10)16(20)18-8-11-3-4-13(14(7-11)21-2)23-9-15(17)19/h3-7H,8-9H2,1-2H3,(H2,17,19)(H,18,20). The molecular formula is C16H18N2O5. The van der Waals surface area contributed by atoms with Crippen LogP contribution in [0.4, 0.5) is 0 Å². The van der Waals surface area contributed by atoms with E-state index in [-0.39, 0.29) is 12.5 Å². The first-order chi connectivity index (χ1) is 11.0. The Morgan fingerprint density at radius 2 is 2.04 bits per heavy atom. The van der Waals surface area contributed by atoms with E-state index in [2.05, 4.69) is 5.32 Å². The number of carbonyl (C=O) groups excluding carboxylic acids is 2. The highest BCUT2D eigenvalue weighted by Crippen LogP contribution is 2.28. The summed E-state index contributed by atoms with van der Waals surface area (Å²) >= 11 is 0. The van der Waals surface area contributed by atoms with Crippen LogP contribution in [0.2, 0.25) is 0 Å². The molecule has 0 spiro atoms. The molecule has 0 aliphatic heterocycles. The molecule has 2 amide bonds. The molecule has 1 aromatic heterocycles. The van der Waals surface area contributed by atoms with Crippen molar-refractivity contribution < 1.29 is 23.5 Å². The fourth-order valence-electron chi connectivity index (χ4n) is 1.99. The molecule has 0 atom stereocenters. The zero-order valence-electron chi connectivity index (χ0n) is 12.9. The molecule has 0 saturated carbocycles. The summed E-state index contributed by atoms with van der Waals surface area (Å²) in [5.41, 5.74) is 6.36. The van der Waals surface area contributed by atoms with E-state index in [0.29, 0.717) is 29.4 Å². The second-order valence-corrected chi connectivity index (χ2v) is 4.81. The molecule has 122 valence electrons. The van der Waals surface area contributed by atoms with Gasteiger partial charge in [0.05, 0.1) is 18.9 Å². The minimum absolute atomic E-state index is 0.218. The first kappa shape index (κ1) is 16.4. The Bertz CT molecular complexity index is 708. The van der Waals surface area contributed by atoms with E-state index in [1.807, 2.05) is 0 Å². The van der Waals surface area contributed by atoms with Crippen molar-refractivity contribution in [3.05, 3.63) is 47.4 Å². The van der Waals surface area contributed by atoms with E-state index in [1.165, 1.54) is 13.4 Å². The summed E-state index contributed by atoms with van der Waals surface area (Å²) in [6.45, 7) is 1.81. The summed E-state index contributed by atoms with van der Waals surface area (Å²) in [7, 11) is 1.49. The molecule has 0 bridgehead atoms. The van der Waals surface area contributed by atoms with Gasteiger partial charge in [-0.25, -0.2) is 0 Å². The van der Waals surface area contributed by atoms with Crippen molar-refractivity contribution in [2.75, 3.05) is 13.7 Å². The van der Waals surface area contributed by atoms with Crippen LogP contribution in [0.5, 0.6) is 11.5 Å². The van der Waals surface area contributed by atoms with Crippen molar-refractivity contribution in [2.24, 2.45) is 5.73 Å². The van der Waals surface area contributed by atoms with Crippen LogP contribution in [0.1, 0.15) is 21.7 Å². The maximum atomic E-state index is 12.0. The Labute approximate surface area is 133 Å². The van der Waals surface area contributed by atoms with Gasteiger partial charge in [-0.15, -0.1) is 0 Å². The van der Waals surface area contributed by atoms with Gasteiger partial charge in [-0.3, -0.25) is 9.59 Å². The molecule has 7 heteroatoms. The Hall–Kier alpha value is -2.96. The SMILES string of the molecule is COc1cc(CNC(=O)c2ccoc2C)ccc1OCC(N)=O. The van der Waals surface area contributed by atoms with E-state index in [1.54, 1.807) is 31.2 Å². The number of aryl methyl sites for hydroxylation is 1. The molecule has 0 radical (unpaired) electrons. The molecule has 2 aromatic rings. The summed E-state index contributed by atoms with van der Waals surface area (Å²) < 4.78 is 15.6. The van der Waals surface area contributed by atoms with Gasteiger partial charge in [-0.05, 0) is 30.7 Å². The highest BCUT2D eigenvalue weighted by atomic mass is 16.5.